The lowest BCUT2D eigenvalue weighted by Gasteiger charge is -1.88. The minimum Gasteiger partial charge on any atom is -0.478 e. The highest BCUT2D eigenvalue weighted by Crippen LogP contribution is 1.96. The second-order valence-corrected chi connectivity index (χ2v) is 1.67. The zero-order valence-electron chi connectivity index (χ0n) is 14.7. The number of aromatic carboxylic acids is 1. The maximum Gasteiger partial charge on any atom is 0.335 e. The molecule has 1 aromatic rings. The zero-order valence-corrected chi connectivity index (χ0v) is 14.7. The molecule has 0 aliphatic rings. The molecule has 0 spiro atoms. The molecule has 0 aliphatic carbocycles. The van der Waals surface area contributed by atoms with Crippen molar-refractivity contribution < 1.29 is 9.90 Å². The van der Waals surface area contributed by atoms with Crippen molar-refractivity contribution in [2.45, 2.75) is 69.2 Å². The topological polar surface area (TPSA) is 37.3 Å². The summed E-state index contributed by atoms with van der Waals surface area (Å²) in [6, 6.07) is 8.30. The van der Waals surface area contributed by atoms with Gasteiger partial charge in [-0.2, -0.15) is 0 Å². The molecule has 0 saturated carbocycles. The lowest BCUT2D eigenvalue weighted by atomic mass is 10.2. The number of rotatable bonds is 1. The van der Waals surface area contributed by atoms with Gasteiger partial charge in [-0.1, -0.05) is 87.4 Å². The molecular weight excluding hydrogens is 236 g/mol. The fraction of sp³-hybridized carbons (Fsp3) is 0.588. The molecule has 1 N–H and O–H groups in total. The van der Waals surface area contributed by atoms with Crippen LogP contribution in [0.3, 0.4) is 0 Å². The summed E-state index contributed by atoms with van der Waals surface area (Å²) < 4.78 is 0. The third-order valence-electron chi connectivity index (χ3n) is 1.02. The SMILES string of the molecule is CC.CC.CC.CC.CC.O=C(O)c1ccccc1. The van der Waals surface area contributed by atoms with Crippen molar-refractivity contribution >= 4 is 5.97 Å². The molecule has 1 rings (SSSR count). The van der Waals surface area contributed by atoms with E-state index in [9.17, 15) is 4.79 Å². The van der Waals surface area contributed by atoms with Gasteiger partial charge in [0.1, 0.15) is 0 Å². The average molecular weight is 272 g/mol. The maximum atomic E-state index is 10.2. The van der Waals surface area contributed by atoms with E-state index in [2.05, 4.69) is 0 Å². The summed E-state index contributed by atoms with van der Waals surface area (Å²) in [6.45, 7) is 20.0. The highest BCUT2D eigenvalue weighted by atomic mass is 16.4. The molecule has 0 aliphatic heterocycles. The zero-order chi connectivity index (χ0) is 16.7. The van der Waals surface area contributed by atoms with Crippen LogP contribution < -0.4 is 0 Å². The van der Waals surface area contributed by atoms with Crippen molar-refractivity contribution in [3.63, 3.8) is 0 Å². The summed E-state index contributed by atoms with van der Waals surface area (Å²) in [7, 11) is 0. The lowest BCUT2D eigenvalue weighted by Crippen LogP contribution is -1.93. The molecule has 0 radical (unpaired) electrons. The molecule has 0 bridgehead atoms. The van der Waals surface area contributed by atoms with E-state index in [0.29, 0.717) is 5.56 Å². The Kier molecular flexibility index (Phi) is 70.5. The van der Waals surface area contributed by atoms with Gasteiger partial charge < -0.3 is 5.11 Å². The third-order valence-corrected chi connectivity index (χ3v) is 1.02. The standard InChI is InChI=1S/C7H6O2.5C2H6/c8-7(9)6-4-2-1-3-5-6;5*1-2/h1-5H,(H,8,9);5*1-2H3. The minimum atomic E-state index is -0.879. The van der Waals surface area contributed by atoms with Gasteiger partial charge in [0, 0.05) is 0 Å². The van der Waals surface area contributed by atoms with E-state index in [1.165, 1.54) is 0 Å². The second kappa shape index (κ2) is 43.8. The van der Waals surface area contributed by atoms with Crippen LogP contribution in [0.5, 0.6) is 0 Å². The van der Waals surface area contributed by atoms with Crippen molar-refractivity contribution in [3.05, 3.63) is 35.9 Å². The van der Waals surface area contributed by atoms with Crippen LogP contribution in [-0.4, -0.2) is 11.1 Å². The first-order valence-corrected chi connectivity index (χ1v) is 7.59. The van der Waals surface area contributed by atoms with Gasteiger partial charge in [-0.05, 0) is 12.1 Å². The molecule has 0 fully saturated rings. The molecule has 116 valence electrons. The Bertz CT molecular complexity index is 206. The third kappa shape index (κ3) is 31.5. The Hall–Kier alpha value is -1.31. The lowest BCUT2D eigenvalue weighted by molar-refractivity contribution is 0.0697. The Morgan fingerprint density at radius 2 is 0.947 bits per heavy atom. The van der Waals surface area contributed by atoms with Crippen LogP contribution in [0, 0.1) is 0 Å². The summed E-state index contributed by atoms with van der Waals surface area (Å²) in [6.07, 6.45) is 0. The van der Waals surface area contributed by atoms with Gasteiger partial charge in [0.15, 0.2) is 0 Å². The van der Waals surface area contributed by atoms with E-state index in [4.69, 9.17) is 5.11 Å². The normalized spacial score (nSPS) is 5.79. The Morgan fingerprint density at radius 1 is 0.684 bits per heavy atom. The van der Waals surface area contributed by atoms with Crippen LogP contribution in [0.4, 0.5) is 0 Å². The fourth-order valence-electron chi connectivity index (χ4n) is 0.581. The summed E-state index contributed by atoms with van der Waals surface area (Å²) in [4.78, 5) is 10.2. The van der Waals surface area contributed by atoms with Crippen LogP contribution in [0.25, 0.3) is 0 Å². The minimum absolute atomic E-state index is 0.331. The first kappa shape index (κ1) is 30.6. The maximum absolute atomic E-state index is 10.2. The highest BCUT2D eigenvalue weighted by Gasteiger charge is 1.96. The predicted octanol–water partition coefficient (Wildman–Crippen LogP) is 6.52. The number of carboxylic acids is 1. The quantitative estimate of drug-likeness (QED) is 0.632. The van der Waals surface area contributed by atoms with Gasteiger partial charge in [0.2, 0.25) is 0 Å². The summed E-state index contributed by atoms with van der Waals surface area (Å²) in [5.41, 5.74) is 0.331. The van der Waals surface area contributed by atoms with Gasteiger partial charge in [-0.15, -0.1) is 0 Å². The molecule has 0 atom stereocenters. The molecule has 0 amide bonds. The first-order chi connectivity index (χ1) is 9.30. The van der Waals surface area contributed by atoms with Crippen LogP contribution in [0.15, 0.2) is 30.3 Å². The van der Waals surface area contributed by atoms with E-state index in [1.54, 1.807) is 30.3 Å². The molecule has 0 saturated heterocycles. The largest absolute Gasteiger partial charge is 0.478 e. The summed E-state index contributed by atoms with van der Waals surface area (Å²) in [5, 5.41) is 8.38. The number of hydrogen-bond donors (Lipinski definition) is 1. The van der Waals surface area contributed by atoms with Crippen molar-refractivity contribution in [3.8, 4) is 0 Å². The van der Waals surface area contributed by atoms with Gasteiger partial charge in [0.25, 0.3) is 0 Å². The first-order valence-electron chi connectivity index (χ1n) is 7.59. The van der Waals surface area contributed by atoms with Gasteiger partial charge in [-0.25, -0.2) is 4.79 Å². The monoisotopic (exact) mass is 272 g/mol. The number of hydrogen-bond acceptors (Lipinski definition) is 1. The Morgan fingerprint density at radius 3 is 1.11 bits per heavy atom. The van der Waals surface area contributed by atoms with Crippen molar-refractivity contribution in [1.29, 1.82) is 0 Å². The van der Waals surface area contributed by atoms with Crippen LogP contribution in [0.2, 0.25) is 0 Å². The van der Waals surface area contributed by atoms with Crippen LogP contribution in [-0.2, 0) is 0 Å². The molecule has 2 heteroatoms. The Balaban J connectivity index is -0.0000000557. The molecule has 1 aromatic carbocycles. The molecule has 2 nitrogen and oxygen atoms in total. The number of benzene rings is 1. The van der Waals surface area contributed by atoms with E-state index >= 15 is 0 Å². The van der Waals surface area contributed by atoms with Crippen LogP contribution >= 0.6 is 0 Å². The molecule has 0 aromatic heterocycles. The fourth-order valence-corrected chi connectivity index (χ4v) is 0.581. The van der Waals surface area contributed by atoms with Gasteiger partial charge in [0.05, 0.1) is 5.56 Å². The smallest absolute Gasteiger partial charge is 0.335 e. The number of carbonyl (C=O) groups is 1. The van der Waals surface area contributed by atoms with E-state index < -0.39 is 5.97 Å². The molecule has 0 unspecified atom stereocenters. The van der Waals surface area contributed by atoms with Crippen molar-refractivity contribution in [1.82, 2.24) is 0 Å². The van der Waals surface area contributed by atoms with E-state index in [0.717, 1.165) is 0 Å². The van der Waals surface area contributed by atoms with E-state index in [-0.39, 0.29) is 0 Å². The second-order valence-electron chi connectivity index (χ2n) is 1.67. The summed E-state index contributed by atoms with van der Waals surface area (Å²) >= 11 is 0. The predicted molar refractivity (Wildman–Crippen MR) is 90.1 cm³/mol. The van der Waals surface area contributed by atoms with Gasteiger partial charge in [-0.3, -0.25) is 0 Å². The molecule has 19 heavy (non-hydrogen) atoms. The van der Waals surface area contributed by atoms with Crippen LogP contribution in [0.1, 0.15) is 79.6 Å². The average Bonchev–Trinajstić information content (AvgIpc) is 2.57. The summed E-state index contributed by atoms with van der Waals surface area (Å²) in [5.74, 6) is -0.879. The molecular formula is C17H36O2. The van der Waals surface area contributed by atoms with Crippen molar-refractivity contribution in [2.75, 3.05) is 0 Å². The number of carboxylic acid groups (broad SMARTS) is 1. The van der Waals surface area contributed by atoms with Crippen molar-refractivity contribution in [2.24, 2.45) is 0 Å². The van der Waals surface area contributed by atoms with Gasteiger partial charge >= 0.3 is 5.97 Å². The Labute approximate surface area is 121 Å². The van der Waals surface area contributed by atoms with E-state index in [1.807, 2.05) is 69.2 Å². The molecule has 0 heterocycles. The highest BCUT2D eigenvalue weighted by molar-refractivity contribution is 5.87.